The predicted octanol–water partition coefficient (Wildman–Crippen LogP) is 4.28. The lowest BCUT2D eigenvalue weighted by Crippen LogP contribution is -2.35. The Morgan fingerprint density at radius 3 is 2.31 bits per heavy atom. The van der Waals surface area contributed by atoms with Crippen molar-refractivity contribution in [3.05, 3.63) is 89.7 Å². The van der Waals surface area contributed by atoms with Gasteiger partial charge in [0.05, 0.1) is 18.8 Å². The smallest absolute Gasteiger partial charge is 0.335 e. The summed E-state index contributed by atoms with van der Waals surface area (Å²) < 4.78 is 7.53. The summed E-state index contributed by atoms with van der Waals surface area (Å²) >= 11 is 0. The first-order valence-corrected chi connectivity index (χ1v) is 10.8. The Balaban J connectivity index is 1.37. The average molecular weight is 428 g/mol. The number of carbonyl (C=O) groups is 1. The summed E-state index contributed by atoms with van der Waals surface area (Å²) in [6.45, 7) is 5.19. The van der Waals surface area contributed by atoms with Crippen molar-refractivity contribution in [3.8, 4) is 11.1 Å². The Bertz CT molecular complexity index is 1220. The first-order valence-electron chi connectivity index (χ1n) is 10.8. The lowest BCUT2D eigenvalue weighted by molar-refractivity contribution is 0.0342. The van der Waals surface area contributed by atoms with Gasteiger partial charge in [0.1, 0.15) is 5.65 Å². The molecule has 3 heterocycles. The molecule has 2 aromatic carbocycles. The van der Waals surface area contributed by atoms with Crippen LogP contribution in [0.15, 0.2) is 73.1 Å². The summed E-state index contributed by atoms with van der Waals surface area (Å²) in [5.74, 6) is -0.912. The fourth-order valence-corrected chi connectivity index (χ4v) is 4.23. The zero-order valence-corrected chi connectivity index (χ0v) is 17.8. The predicted molar refractivity (Wildman–Crippen MR) is 124 cm³/mol. The molecular formula is C26H25N3O3. The van der Waals surface area contributed by atoms with Gasteiger partial charge in [-0.3, -0.25) is 4.90 Å². The fourth-order valence-electron chi connectivity index (χ4n) is 4.23. The van der Waals surface area contributed by atoms with Gasteiger partial charge in [-0.25, -0.2) is 9.78 Å². The van der Waals surface area contributed by atoms with Crippen LogP contribution in [-0.4, -0.2) is 51.8 Å². The summed E-state index contributed by atoms with van der Waals surface area (Å²) in [7, 11) is 0. The molecule has 0 bridgehead atoms. The van der Waals surface area contributed by atoms with Gasteiger partial charge in [-0.2, -0.15) is 0 Å². The van der Waals surface area contributed by atoms with Crippen LogP contribution in [0.3, 0.4) is 0 Å². The second kappa shape index (κ2) is 8.94. The van der Waals surface area contributed by atoms with Crippen LogP contribution in [-0.2, 0) is 17.8 Å². The highest BCUT2D eigenvalue weighted by molar-refractivity contribution is 5.93. The van der Waals surface area contributed by atoms with E-state index in [0.717, 1.165) is 55.0 Å². The number of carboxylic acid groups (broad SMARTS) is 1. The number of aromatic nitrogens is 2. The number of fused-ring (bicyclic) bond motifs is 1. The van der Waals surface area contributed by atoms with E-state index in [4.69, 9.17) is 9.84 Å². The maximum absolute atomic E-state index is 11.1. The van der Waals surface area contributed by atoms with Crippen molar-refractivity contribution >= 4 is 17.0 Å². The summed E-state index contributed by atoms with van der Waals surface area (Å²) in [6.07, 6.45) is 3.89. The zero-order chi connectivity index (χ0) is 21.9. The van der Waals surface area contributed by atoms with E-state index in [1.54, 1.807) is 12.1 Å². The van der Waals surface area contributed by atoms with E-state index >= 15 is 0 Å². The van der Waals surface area contributed by atoms with Gasteiger partial charge in [0.15, 0.2) is 0 Å². The molecule has 162 valence electrons. The number of hydrogen-bond acceptors (Lipinski definition) is 4. The van der Waals surface area contributed by atoms with Crippen molar-refractivity contribution in [3.63, 3.8) is 0 Å². The van der Waals surface area contributed by atoms with Crippen molar-refractivity contribution in [2.75, 3.05) is 26.3 Å². The van der Waals surface area contributed by atoms with Crippen LogP contribution < -0.4 is 0 Å². The first kappa shape index (κ1) is 20.4. The van der Waals surface area contributed by atoms with Gasteiger partial charge in [-0.15, -0.1) is 0 Å². The van der Waals surface area contributed by atoms with E-state index < -0.39 is 5.97 Å². The van der Waals surface area contributed by atoms with Gasteiger partial charge in [0, 0.05) is 44.0 Å². The van der Waals surface area contributed by atoms with Gasteiger partial charge >= 0.3 is 5.97 Å². The second-order valence-corrected chi connectivity index (χ2v) is 8.13. The van der Waals surface area contributed by atoms with Crippen molar-refractivity contribution in [1.82, 2.24) is 14.5 Å². The number of carboxylic acids is 1. The topological polar surface area (TPSA) is 67.6 Å². The summed E-state index contributed by atoms with van der Waals surface area (Å²) in [5, 5.41) is 10.2. The molecule has 1 N–H and O–H groups in total. The molecule has 0 atom stereocenters. The maximum atomic E-state index is 11.1. The molecule has 5 rings (SSSR count). The van der Waals surface area contributed by atoms with Crippen LogP contribution in [0, 0.1) is 0 Å². The molecule has 32 heavy (non-hydrogen) atoms. The Labute approximate surface area is 186 Å². The van der Waals surface area contributed by atoms with E-state index in [1.807, 2.05) is 24.5 Å². The van der Waals surface area contributed by atoms with Crippen LogP contribution in [0.4, 0.5) is 0 Å². The number of nitrogens with zero attached hydrogens (tertiary/aromatic N) is 3. The molecule has 1 aliphatic heterocycles. The van der Waals surface area contributed by atoms with Gasteiger partial charge in [-0.05, 0) is 46.5 Å². The molecule has 1 saturated heterocycles. The van der Waals surface area contributed by atoms with Gasteiger partial charge < -0.3 is 14.4 Å². The highest BCUT2D eigenvalue weighted by atomic mass is 16.5. The number of rotatable bonds is 6. The monoisotopic (exact) mass is 427 g/mol. The minimum absolute atomic E-state index is 0.295. The number of benzene rings is 2. The first-order chi connectivity index (χ1) is 15.7. The van der Waals surface area contributed by atoms with Crippen LogP contribution in [0.2, 0.25) is 0 Å². The normalized spacial score (nSPS) is 14.6. The molecule has 0 radical (unpaired) electrons. The molecule has 6 nitrogen and oxygen atoms in total. The van der Waals surface area contributed by atoms with Crippen LogP contribution >= 0.6 is 0 Å². The van der Waals surface area contributed by atoms with Gasteiger partial charge in [-0.1, -0.05) is 36.4 Å². The number of ether oxygens (including phenoxy) is 1. The van der Waals surface area contributed by atoms with Crippen molar-refractivity contribution in [1.29, 1.82) is 0 Å². The third-order valence-electron chi connectivity index (χ3n) is 5.99. The second-order valence-electron chi connectivity index (χ2n) is 8.13. The standard InChI is InChI=1S/C26H25N3O3/c30-26(31)22-7-3-20(4-8-22)18-29-12-10-24-23(9-11-27-25(24)29)21-5-1-19(2-6-21)17-28-13-15-32-16-14-28/h1-12H,13-18H2,(H,30,31). The van der Waals surface area contributed by atoms with Crippen molar-refractivity contribution in [2.45, 2.75) is 13.1 Å². The Morgan fingerprint density at radius 1 is 0.906 bits per heavy atom. The Morgan fingerprint density at radius 2 is 1.59 bits per heavy atom. The molecule has 0 aliphatic carbocycles. The molecular weight excluding hydrogens is 402 g/mol. The van der Waals surface area contributed by atoms with E-state index in [9.17, 15) is 4.79 Å². The molecule has 4 aromatic rings. The van der Waals surface area contributed by atoms with E-state index in [1.165, 1.54) is 11.1 Å². The number of hydrogen-bond donors (Lipinski definition) is 1. The summed E-state index contributed by atoms with van der Waals surface area (Å²) in [6, 6.07) is 19.9. The van der Waals surface area contributed by atoms with Crippen LogP contribution in [0.25, 0.3) is 22.2 Å². The third-order valence-corrected chi connectivity index (χ3v) is 5.99. The number of morpholine rings is 1. The molecule has 2 aromatic heterocycles. The average Bonchev–Trinajstić information content (AvgIpc) is 3.23. The molecule has 0 unspecified atom stereocenters. The van der Waals surface area contributed by atoms with E-state index in [2.05, 4.69) is 50.8 Å². The Kier molecular flexibility index (Phi) is 5.71. The lowest BCUT2D eigenvalue weighted by Gasteiger charge is -2.26. The minimum atomic E-state index is -0.912. The molecule has 1 fully saturated rings. The van der Waals surface area contributed by atoms with E-state index in [-0.39, 0.29) is 0 Å². The zero-order valence-electron chi connectivity index (χ0n) is 17.8. The Hall–Kier alpha value is -3.48. The largest absolute Gasteiger partial charge is 0.478 e. The quantitative estimate of drug-likeness (QED) is 0.497. The maximum Gasteiger partial charge on any atom is 0.335 e. The highest BCUT2D eigenvalue weighted by Crippen LogP contribution is 2.29. The van der Waals surface area contributed by atoms with Gasteiger partial charge in [0.2, 0.25) is 0 Å². The van der Waals surface area contributed by atoms with Crippen molar-refractivity contribution in [2.24, 2.45) is 0 Å². The molecule has 0 saturated carbocycles. The molecule has 0 amide bonds. The summed E-state index contributed by atoms with van der Waals surface area (Å²) in [5.41, 5.74) is 5.89. The molecule has 6 heteroatoms. The lowest BCUT2D eigenvalue weighted by atomic mass is 10.0. The third kappa shape index (κ3) is 4.28. The number of aromatic carboxylic acids is 1. The minimum Gasteiger partial charge on any atom is -0.478 e. The highest BCUT2D eigenvalue weighted by Gasteiger charge is 2.12. The fraction of sp³-hybridized carbons (Fsp3) is 0.231. The molecule has 0 spiro atoms. The van der Waals surface area contributed by atoms with Gasteiger partial charge in [0.25, 0.3) is 0 Å². The van der Waals surface area contributed by atoms with Crippen molar-refractivity contribution < 1.29 is 14.6 Å². The van der Waals surface area contributed by atoms with E-state index in [0.29, 0.717) is 12.1 Å². The summed E-state index contributed by atoms with van der Waals surface area (Å²) in [4.78, 5) is 18.1. The van der Waals surface area contributed by atoms with Crippen LogP contribution in [0.5, 0.6) is 0 Å². The SMILES string of the molecule is O=C(O)c1ccc(Cn2ccc3c(-c4ccc(CN5CCOCC5)cc4)ccnc32)cc1. The van der Waals surface area contributed by atoms with Crippen LogP contribution in [0.1, 0.15) is 21.5 Å². The molecule has 1 aliphatic rings. The number of pyridine rings is 1.